The van der Waals surface area contributed by atoms with Gasteiger partial charge in [-0.2, -0.15) is 5.10 Å². The minimum Gasteiger partial charge on any atom is -0.478 e. The summed E-state index contributed by atoms with van der Waals surface area (Å²) in [4.78, 5) is 15.8. The van der Waals surface area contributed by atoms with E-state index in [-0.39, 0.29) is 11.8 Å². The van der Waals surface area contributed by atoms with Gasteiger partial charge in [0.15, 0.2) is 0 Å². The number of hydrogen-bond donors (Lipinski definition) is 1. The van der Waals surface area contributed by atoms with Crippen molar-refractivity contribution in [2.75, 3.05) is 0 Å². The average molecular weight is 251 g/mol. The molecule has 0 aliphatic carbocycles. The van der Waals surface area contributed by atoms with Gasteiger partial charge in [-0.25, -0.2) is 4.79 Å². The number of rotatable bonds is 2. The molecular formula is C12H17N3O3. The van der Waals surface area contributed by atoms with E-state index in [2.05, 4.69) is 31.0 Å². The lowest BCUT2D eigenvalue weighted by Crippen LogP contribution is -2.21. The van der Waals surface area contributed by atoms with E-state index in [9.17, 15) is 4.79 Å². The first-order valence-electron chi connectivity index (χ1n) is 5.79. The number of aromatic nitrogens is 2. The van der Waals surface area contributed by atoms with Crippen LogP contribution in [-0.4, -0.2) is 32.7 Å². The smallest absolute Gasteiger partial charge is 0.348 e. The van der Waals surface area contributed by atoms with Crippen LogP contribution in [0, 0.1) is 0 Å². The average Bonchev–Trinajstić information content (AvgIpc) is 2.81. The SMILES string of the molecule is Cn1cc(C2=NOC(C(=O)O)C2)c(C(C)(C)C)n1. The van der Waals surface area contributed by atoms with Crippen molar-refractivity contribution in [2.45, 2.75) is 38.7 Å². The zero-order chi connectivity index (χ0) is 13.5. The van der Waals surface area contributed by atoms with Crippen LogP contribution < -0.4 is 0 Å². The van der Waals surface area contributed by atoms with E-state index < -0.39 is 12.1 Å². The molecule has 1 aromatic rings. The lowest BCUT2D eigenvalue weighted by Gasteiger charge is -2.16. The van der Waals surface area contributed by atoms with Gasteiger partial charge in [0.2, 0.25) is 6.10 Å². The third-order valence-corrected chi connectivity index (χ3v) is 2.79. The highest BCUT2D eigenvalue weighted by Crippen LogP contribution is 2.27. The molecule has 1 N–H and O–H groups in total. The van der Waals surface area contributed by atoms with Crippen LogP contribution in [0.2, 0.25) is 0 Å². The Morgan fingerprint density at radius 1 is 1.56 bits per heavy atom. The molecule has 1 aliphatic heterocycles. The van der Waals surface area contributed by atoms with Gasteiger partial charge in [0, 0.05) is 30.6 Å². The molecule has 0 radical (unpaired) electrons. The fraction of sp³-hybridized carbons (Fsp3) is 0.583. The molecule has 6 nitrogen and oxygen atoms in total. The number of carbonyl (C=O) groups is 1. The highest BCUT2D eigenvalue weighted by atomic mass is 16.7. The summed E-state index contributed by atoms with van der Waals surface area (Å²) >= 11 is 0. The van der Waals surface area contributed by atoms with Gasteiger partial charge in [-0.05, 0) is 0 Å². The maximum atomic E-state index is 10.8. The van der Waals surface area contributed by atoms with Crippen molar-refractivity contribution in [1.29, 1.82) is 0 Å². The number of hydrogen-bond acceptors (Lipinski definition) is 4. The molecule has 0 spiro atoms. The van der Waals surface area contributed by atoms with Crippen LogP contribution in [-0.2, 0) is 22.1 Å². The Morgan fingerprint density at radius 3 is 2.72 bits per heavy atom. The summed E-state index contributed by atoms with van der Waals surface area (Å²) in [5.74, 6) is -0.991. The Kier molecular flexibility index (Phi) is 2.88. The Balaban J connectivity index is 2.33. The van der Waals surface area contributed by atoms with Crippen LogP contribution in [0.1, 0.15) is 38.4 Å². The zero-order valence-corrected chi connectivity index (χ0v) is 11.0. The molecule has 2 rings (SSSR count). The van der Waals surface area contributed by atoms with E-state index in [4.69, 9.17) is 9.94 Å². The van der Waals surface area contributed by atoms with E-state index in [1.807, 2.05) is 13.2 Å². The summed E-state index contributed by atoms with van der Waals surface area (Å²) in [5, 5.41) is 17.2. The molecule has 1 aromatic heterocycles. The molecular weight excluding hydrogens is 234 g/mol. The van der Waals surface area contributed by atoms with E-state index >= 15 is 0 Å². The Bertz CT molecular complexity index is 511. The van der Waals surface area contributed by atoms with Crippen LogP contribution in [0.3, 0.4) is 0 Å². The number of carboxylic acids is 1. The van der Waals surface area contributed by atoms with Crippen LogP contribution >= 0.6 is 0 Å². The minimum atomic E-state index is -0.991. The lowest BCUT2D eigenvalue weighted by atomic mass is 9.87. The van der Waals surface area contributed by atoms with Crippen LogP contribution in [0.4, 0.5) is 0 Å². The molecule has 0 saturated carbocycles. The van der Waals surface area contributed by atoms with E-state index in [0.717, 1.165) is 11.3 Å². The van der Waals surface area contributed by atoms with Gasteiger partial charge in [0.05, 0.1) is 11.4 Å². The van der Waals surface area contributed by atoms with Crippen molar-refractivity contribution in [3.8, 4) is 0 Å². The molecule has 1 atom stereocenters. The number of aryl methyl sites for hydroxylation is 1. The van der Waals surface area contributed by atoms with Gasteiger partial charge in [-0.15, -0.1) is 0 Å². The van der Waals surface area contributed by atoms with Crippen molar-refractivity contribution in [3.05, 3.63) is 17.5 Å². The molecule has 1 aliphatic rings. The molecule has 98 valence electrons. The number of carboxylic acid groups (broad SMARTS) is 1. The maximum absolute atomic E-state index is 10.8. The fourth-order valence-electron chi connectivity index (χ4n) is 1.92. The third-order valence-electron chi connectivity index (χ3n) is 2.79. The first-order chi connectivity index (χ1) is 8.29. The molecule has 0 fully saturated rings. The van der Waals surface area contributed by atoms with Crippen LogP contribution in [0.15, 0.2) is 11.4 Å². The highest BCUT2D eigenvalue weighted by Gasteiger charge is 2.32. The number of aliphatic carboxylic acids is 1. The monoisotopic (exact) mass is 251 g/mol. The normalized spacial score (nSPS) is 19.6. The zero-order valence-electron chi connectivity index (χ0n) is 11.0. The van der Waals surface area contributed by atoms with Gasteiger partial charge in [-0.1, -0.05) is 25.9 Å². The first-order valence-corrected chi connectivity index (χ1v) is 5.79. The molecule has 1 unspecified atom stereocenters. The van der Waals surface area contributed by atoms with E-state index in [1.54, 1.807) is 4.68 Å². The summed E-state index contributed by atoms with van der Waals surface area (Å²) in [5.41, 5.74) is 2.30. The molecule has 6 heteroatoms. The fourth-order valence-corrected chi connectivity index (χ4v) is 1.92. The largest absolute Gasteiger partial charge is 0.478 e. The topological polar surface area (TPSA) is 76.7 Å². The molecule has 2 heterocycles. The Morgan fingerprint density at radius 2 is 2.22 bits per heavy atom. The van der Waals surface area contributed by atoms with Crippen molar-refractivity contribution in [1.82, 2.24) is 9.78 Å². The first kappa shape index (κ1) is 12.6. The summed E-state index contributed by atoms with van der Waals surface area (Å²) in [6.45, 7) is 6.18. The van der Waals surface area contributed by atoms with Crippen molar-refractivity contribution < 1.29 is 14.7 Å². The summed E-state index contributed by atoms with van der Waals surface area (Å²) in [7, 11) is 1.84. The van der Waals surface area contributed by atoms with E-state index in [0.29, 0.717) is 5.71 Å². The minimum absolute atomic E-state index is 0.125. The second kappa shape index (κ2) is 4.12. The van der Waals surface area contributed by atoms with Crippen molar-refractivity contribution in [3.63, 3.8) is 0 Å². The second-order valence-corrected chi connectivity index (χ2v) is 5.49. The van der Waals surface area contributed by atoms with Crippen LogP contribution in [0.25, 0.3) is 0 Å². The summed E-state index contributed by atoms with van der Waals surface area (Å²) in [6, 6.07) is 0. The Labute approximate surface area is 105 Å². The molecule has 0 aromatic carbocycles. The van der Waals surface area contributed by atoms with Crippen molar-refractivity contribution in [2.24, 2.45) is 12.2 Å². The molecule has 0 bridgehead atoms. The number of oxime groups is 1. The summed E-state index contributed by atoms with van der Waals surface area (Å²) in [6.07, 6.45) is 1.25. The molecule has 18 heavy (non-hydrogen) atoms. The molecule has 0 amide bonds. The van der Waals surface area contributed by atoms with E-state index in [1.165, 1.54) is 0 Å². The third kappa shape index (κ3) is 2.23. The van der Waals surface area contributed by atoms with Crippen LogP contribution in [0.5, 0.6) is 0 Å². The Hall–Kier alpha value is -1.85. The van der Waals surface area contributed by atoms with Gasteiger partial charge in [0.1, 0.15) is 0 Å². The predicted molar refractivity (Wildman–Crippen MR) is 65.6 cm³/mol. The van der Waals surface area contributed by atoms with Crippen molar-refractivity contribution >= 4 is 11.7 Å². The molecule has 0 saturated heterocycles. The standard InChI is InChI=1S/C12H17N3O3/c1-12(2,3)10-7(6-15(4)13-10)8-5-9(11(16)17)18-14-8/h6,9H,5H2,1-4H3,(H,16,17). The van der Waals surface area contributed by atoms with Gasteiger partial charge in [0.25, 0.3) is 0 Å². The van der Waals surface area contributed by atoms with Gasteiger partial charge >= 0.3 is 5.97 Å². The van der Waals surface area contributed by atoms with Gasteiger partial charge < -0.3 is 9.94 Å². The lowest BCUT2D eigenvalue weighted by molar-refractivity contribution is -0.148. The van der Waals surface area contributed by atoms with Gasteiger partial charge in [-0.3, -0.25) is 4.68 Å². The number of nitrogens with zero attached hydrogens (tertiary/aromatic N) is 3. The summed E-state index contributed by atoms with van der Waals surface area (Å²) < 4.78 is 1.71. The second-order valence-electron chi connectivity index (χ2n) is 5.49. The maximum Gasteiger partial charge on any atom is 0.348 e. The predicted octanol–water partition coefficient (Wildman–Crippen LogP) is 1.30. The quantitative estimate of drug-likeness (QED) is 0.859. The highest BCUT2D eigenvalue weighted by molar-refractivity contribution is 6.04.